The SMILES string of the molecule is CC/C=C\C/C=C\C/C=C\CCCCCCOCC(COC(=O)CCCCCCCCC/C=C\C/C=C\CCCCC)OC(=O)CCCCCCCCC. The van der Waals surface area contributed by atoms with E-state index >= 15 is 0 Å². The van der Waals surface area contributed by atoms with Crippen LogP contribution in [-0.2, 0) is 23.8 Å². The van der Waals surface area contributed by atoms with E-state index in [1.807, 2.05) is 0 Å². The zero-order chi connectivity index (χ0) is 39.3. The Kier molecular flexibility index (Phi) is 43.0. The van der Waals surface area contributed by atoms with Crippen LogP contribution in [0.2, 0.25) is 0 Å². The second-order valence-corrected chi connectivity index (χ2v) is 14.9. The van der Waals surface area contributed by atoms with Gasteiger partial charge in [-0.3, -0.25) is 9.59 Å². The lowest BCUT2D eigenvalue weighted by Gasteiger charge is -2.18. The molecule has 5 nitrogen and oxygen atoms in total. The molecule has 0 N–H and O–H groups in total. The van der Waals surface area contributed by atoms with E-state index in [1.54, 1.807) is 0 Å². The normalized spacial score (nSPS) is 12.7. The fourth-order valence-corrected chi connectivity index (χ4v) is 6.14. The molecule has 0 rings (SSSR count). The minimum absolute atomic E-state index is 0.0717. The highest BCUT2D eigenvalue weighted by Gasteiger charge is 2.17. The first kappa shape index (κ1) is 51.6. The maximum absolute atomic E-state index is 12.6. The fraction of sp³-hybridized carbons (Fsp3) is 0.755. The summed E-state index contributed by atoms with van der Waals surface area (Å²) in [6, 6.07) is 0. The zero-order valence-electron chi connectivity index (χ0n) is 35.7. The highest BCUT2D eigenvalue weighted by atomic mass is 16.6. The molecule has 0 aliphatic carbocycles. The van der Waals surface area contributed by atoms with Crippen LogP contribution in [0.15, 0.2) is 60.8 Å². The van der Waals surface area contributed by atoms with Crippen molar-refractivity contribution < 1.29 is 23.8 Å². The smallest absolute Gasteiger partial charge is 0.306 e. The fourth-order valence-electron chi connectivity index (χ4n) is 6.14. The van der Waals surface area contributed by atoms with Gasteiger partial charge in [0, 0.05) is 19.4 Å². The number of allylic oxidation sites excluding steroid dienone is 10. The van der Waals surface area contributed by atoms with Gasteiger partial charge in [0.15, 0.2) is 6.10 Å². The highest BCUT2D eigenvalue weighted by Crippen LogP contribution is 2.13. The van der Waals surface area contributed by atoms with Crippen molar-refractivity contribution in [2.45, 2.75) is 219 Å². The first-order valence-corrected chi connectivity index (χ1v) is 22.8. The van der Waals surface area contributed by atoms with Gasteiger partial charge in [-0.05, 0) is 83.5 Å². The van der Waals surface area contributed by atoms with Crippen LogP contribution < -0.4 is 0 Å². The third kappa shape index (κ3) is 42.3. The van der Waals surface area contributed by atoms with Gasteiger partial charge in [0.2, 0.25) is 0 Å². The van der Waals surface area contributed by atoms with Gasteiger partial charge >= 0.3 is 11.9 Å². The van der Waals surface area contributed by atoms with Crippen molar-refractivity contribution >= 4 is 11.9 Å². The van der Waals surface area contributed by atoms with E-state index < -0.39 is 6.10 Å². The van der Waals surface area contributed by atoms with Crippen LogP contribution in [0.25, 0.3) is 0 Å². The summed E-state index contributed by atoms with van der Waals surface area (Å²) in [6.45, 7) is 7.60. The Morgan fingerprint density at radius 2 is 0.833 bits per heavy atom. The number of rotatable bonds is 41. The first-order chi connectivity index (χ1) is 26.6. The highest BCUT2D eigenvalue weighted by molar-refractivity contribution is 5.70. The van der Waals surface area contributed by atoms with Gasteiger partial charge in [0.1, 0.15) is 6.61 Å². The Hall–Kier alpha value is -2.40. The molecule has 1 unspecified atom stereocenters. The Bertz CT molecular complexity index is 946. The van der Waals surface area contributed by atoms with Crippen molar-refractivity contribution in [3.8, 4) is 0 Å². The van der Waals surface area contributed by atoms with Gasteiger partial charge in [-0.2, -0.15) is 0 Å². The largest absolute Gasteiger partial charge is 0.462 e. The molecule has 5 heteroatoms. The summed E-state index contributed by atoms with van der Waals surface area (Å²) in [5.41, 5.74) is 0. The molecule has 0 aliphatic heterocycles. The topological polar surface area (TPSA) is 61.8 Å². The van der Waals surface area contributed by atoms with E-state index in [0.717, 1.165) is 83.5 Å². The number of hydrogen-bond donors (Lipinski definition) is 0. The lowest BCUT2D eigenvalue weighted by atomic mass is 10.1. The van der Waals surface area contributed by atoms with E-state index in [-0.39, 0.29) is 25.2 Å². The Balaban J connectivity index is 4.19. The van der Waals surface area contributed by atoms with Gasteiger partial charge in [-0.15, -0.1) is 0 Å². The van der Waals surface area contributed by atoms with Gasteiger partial charge in [-0.25, -0.2) is 0 Å². The van der Waals surface area contributed by atoms with Crippen LogP contribution in [0, 0.1) is 0 Å². The summed E-state index contributed by atoms with van der Waals surface area (Å²) in [6.07, 6.45) is 55.1. The van der Waals surface area contributed by atoms with Crippen LogP contribution in [0.5, 0.6) is 0 Å². The molecule has 0 aromatic rings. The van der Waals surface area contributed by atoms with Crippen molar-refractivity contribution in [2.75, 3.05) is 19.8 Å². The standard InChI is InChI=1S/C49H86O5/c1-4-7-10-13-16-18-20-22-24-25-26-27-29-31-34-36-39-42-48(50)53-46-47(54-49(51)43-40-37-33-15-12-9-6-3)45-52-44-41-38-35-32-30-28-23-21-19-17-14-11-8-5-2/h8,11,16-19,22-24,28,47H,4-7,9-10,12-15,20-21,25-27,29-46H2,1-3H3/b11-8-,18-16-,19-17-,24-22-,28-23-. The summed E-state index contributed by atoms with van der Waals surface area (Å²) in [4.78, 5) is 25.1. The third-order valence-corrected chi connectivity index (χ3v) is 9.54. The molecule has 0 fully saturated rings. The Morgan fingerprint density at radius 1 is 0.426 bits per heavy atom. The molecule has 0 spiro atoms. The van der Waals surface area contributed by atoms with Gasteiger partial charge in [-0.1, -0.05) is 178 Å². The summed E-state index contributed by atoms with van der Waals surface area (Å²) < 4.78 is 17.2. The maximum Gasteiger partial charge on any atom is 0.306 e. The van der Waals surface area contributed by atoms with Crippen molar-refractivity contribution in [1.82, 2.24) is 0 Å². The summed E-state index contributed by atoms with van der Waals surface area (Å²) in [7, 11) is 0. The van der Waals surface area contributed by atoms with Crippen LogP contribution in [0.3, 0.4) is 0 Å². The average molecular weight is 755 g/mol. The number of esters is 2. The van der Waals surface area contributed by atoms with E-state index in [0.29, 0.717) is 19.4 Å². The van der Waals surface area contributed by atoms with Gasteiger partial charge in [0.05, 0.1) is 6.61 Å². The Morgan fingerprint density at radius 3 is 1.37 bits per heavy atom. The molecule has 0 aliphatic rings. The predicted molar refractivity (Wildman–Crippen MR) is 233 cm³/mol. The number of hydrogen-bond acceptors (Lipinski definition) is 5. The Labute approximate surface area is 334 Å². The second-order valence-electron chi connectivity index (χ2n) is 14.9. The zero-order valence-corrected chi connectivity index (χ0v) is 35.7. The molecule has 0 radical (unpaired) electrons. The molecular weight excluding hydrogens is 669 g/mol. The summed E-state index contributed by atoms with van der Waals surface area (Å²) in [5.74, 6) is -0.425. The minimum atomic E-state index is -0.547. The molecule has 0 aromatic heterocycles. The molecule has 312 valence electrons. The average Bonchev–Trinajstić information content (AvgIpc) is 3.17. The first-order valence-electron chi connectivity index (χ1n) is 22.8. The second kappa shape index (κ2) is 45.0. The number of ether oxygens (including phenoxy) is 3. The lowest BCUT2D eigenvalue weighted by Crippen LogP contribution is -2.30. The van der Waals surface area contributed by atoms with Crippen molar-refractivity contribution in [3.63, 3.8) is 0 Å². The molecule has 54 heavy (non-hydrogen) atoms. The van der Waals surface area contributed by atoms with Crippen LogP contribution in [-0.4, -0.2) is 37.9 Å². The molecular formula is C49H86O5. The van der Waals surface area contributed by atoms with E-state index in [9.17, 15) is 9.59 Å². The van der Waals surface area contributed by atoms with Gasteiger partial charge in [0.25, 0.3) is 0 Å². The number of carbonyl (C=O) groups is 2. The molecule has 0 amide bonds. The monoisotopic (exact) mass is 755 g/mol. The lowest BCUT2D eigenvalue weighted by molar-refractivity contribution is -0.163. The number of unbranched alkanes of at least 4 members (excludes halogenated alkanes) is 20. The quantitative estimate of drug-likeness (QED) is 0.0353. The van der Waals surface area contributed by atoms with E-state index in [1.165, 1.54) is 96.3 Å². The molecule has 1 atom stereocenters. The minimum Gasteiger partial charge on any atom is -0.462 e. The van der Waals surface area contributed by atoms with Crippen LogP contribution >= 0.6 is 0 Å². The van der Waals surface area contributed by atoms with Crippen molar-refractivity contribution in [3.05, 3.63) is 60.8 Å². The molecule has 0 saturated carbocycles. The van der Waals surface area contributed by atoms with Crippen molar-refractivity contribution in [1.29, 1.82) is 0 Å². The predicted octanol–water partition coefficient (Wildman–Crippen LogP) is 15.0. The van der Waals surface area contributed by atoms with Gasteiger partial charge < -0.3 is 14.2 Å². The van der Waals surface area contributed by atoms with E-state index in [4.69, 9.17) is 14.2 Å². The summed E-state index contributed by atoms with van der Waals surface area (Å²) in [5, 5.41) is 0. The van der Waals surface area contributed by atoms with Crippen LogP contribution in [0.1, 0.15) is 213 Å². The molecule has 0 bridgehead atoms. The molecule has 0 saturated heterocycles. The maximum atomic E-state index is 12.6. The van der Waals surface area contributed by atoms with Crippen LogP contribution in [0.4, 0.5) is 0 Å². The number of carbonyl (C=O) groups excluding carboxylic acids is 2. The van der Waals surface area contributed by atoms with E-state index in [2.05, 4.69) is 81.5 Å². The van der Waals surface area contributed by atoms with Crippen molar-refractivity contribution in [2.24, 2.45) is 0 Å². The summed E-state index contributed by atoms with van der Waals surface area (Å²) >= 11 is 0. The molecule has 0 aromatic carbocycles. The third-order valence-electron chi connectivity index (χ3n) is 9.54. The molecule has 0 heterocycles.